The van der Waals surface area contributed by atoms with E-state index < -0.39 is 35.3 Å². The van der Waals surface area contributed by atoms with Gasteiger partial charge in [0.2, 0.25) is 36.0 Å². The van der Waals surface area contributed by atoms with Gasteiger partial charge in [-0.25, -0.2) is 98.0 Å². The van der Waals surface area contributed by atoms with E-state index in [1.165, 1.54) is 44.6 Å². The number of fused-ring (bicyclic) bond motifs is 4. The predicted octanol–water partition coefficient (Wildman–Crippen LogP) is 16.4. The molecule has 804 valence electrons. The highest BCUT2D eigenvalue weighted by atomic mass is 35.5. The highest BCUT2D eigenvalue weighted by molar-refractivity contribution is 7.90. The van der Waals surface area contributed by atoms with Crippen molar-refractivity contribution >= 4 is 197 Å². The molecule has 8 atom stereocenters. The molecule has 4 N–H and O–H groups in total. The molecule has 0 bridgehead atoms. The lowest BCUT2D eigenvalue weighted by Gasteiger charge is -2.47. The average molecular weight is 2260 g/mol. The number of carbonyl (C=O) groups excluding carboxylic acids is 1. The van der Waals surface area contributed by atoms with Gasteiger partial charge in [-0.2, -0.15) is 20.4 Å². The van der Waals surface area contributed by atoms with Gasteiger partial charge < -0.3 is 44.5 Å². The Hall–Kier alpha value is -8.36. The Morgan fingerprint density at radius 1 is 0.342 bits per heavy atom. The van der Waals surface area contributed by atoms with Gasteiger partial charge in [0.15, 0.2) is 22.6 Å². The van der Waals surface area contributed by atoms with Crippen molar-refractivity contribution in [3.8, 4) is 0 Å². The molecule has 12 aromatic rings. The minimum absolute atomic E-state index is 0.0402. The summed E-state index contributed by atoms with van der Waals surface area (Å²) >= 11 is 50.4. The third-order valence-corrected chi connectivity index (χ3v) is 36.4. The number of hydrogen-bond donors (Lipinski definition) is 4. The lowest BCUT2D eigenvalue weighted by atomic mass is 9.80. The van der Waals surface area contributed by atoms with E-state index in [0.29, 0.717) is 107 Å². The number of hydrogen-bond acceptors (Lipinski definition) is 27. The molecule has 0 radical (unpaired) electrons. The highest BCUT2D eigenvalue weighted by Crippen LogP contribution is 2.43. The summed E-state index contributed by atoms with van der Waals surface area (Å²) in [4.78, 5) is 68.9. The molecule has 35 nitrogen and oxygen atoms in total. The maximum atomic E-state index is 12.0. The number of rotatable bonds is 32. The number of aryl methyl sites for hydroxylation is 4. The van der Waals surface area contributed by atoms with Gasteiger partial charge >= 0.3 is 0 Å². The lowest BCUT2D eigenvalue weighted by molar-refractivity contribution is -0.119. The van der Waals surface area contributed by atoms with E-state index in [-0.39, 0.29) is 30.1 Å². The van der Waals surface area contributed by atoms with Crippen LogP contribution in [0, 0.1) is 75.0 Å². The average Bonchev–Trinajstić information content (AvgIpc) is 1.66. The molecular weight excluding hydrogens is 2120 g/mol. The molecule has 4 aromatic carbocycles. The standard InChI is InChI=1S/C27H37Cl2N7O2S.C26H33Cl2N7O.2C25H33Cl2N7O2S/c1-17(2)39(37,38)31-9-11-34-10-5-6-20(14-34)21-15-35(16-21)25-13-30-26-18(3)33-36(27(26)32-25)19(4)23-8-7-22(28)12-24(23)29;1-16-25-26(35(32-16)17(2)22-7-6-21(27)11-23(22)28)31-24(12-30-25)34-14-20(15-34)19-5-4-9-33(13-19)10-8-29-18(3)36;2*1-16-24-25(34(31-16)17(2)21-7-6-20(26)11-22(21)27)30-23(12-28-24)33-14-19(15-33)18-5-4-9-32(13-18)10-8-29-37(3,35)36/h7-8,12-13,17,19-21,31H,5-6,9-11,14-16H2,1-4H3;6-7,11-12,17,19-20H,4-5,8-10,13-15H2,1-3H3,(H,29,36);2*6-7,11-12,17-19,29H,4-5,8-10,13-15H2,1-3H3/t19-,20+;17-,19+;17-,18+;17-,18-/m1111/s1. The highest BCUT2D eigenvalue weighted by Gasteiger charge is 2.43. The summed E-state index contributed by atoms with van der Waals surface area (Å²) in [7, 11) is -9.50. The van der Waals surface area contributed by atoms with Gasteiger partial charge in [-0.15, -0.1) is 0 Å². The van der Waals surface area contributed by atoms with Crippen LogP contribution >= 0.6 is 92.8 Å². The van der Waals surface area contributed by atoms with E-state index in [4.69, 9.17) is 153 Å². The summed E-state index contributed by atoms with van der Waals surface area (Å²) in [6, 6.07) is 21.6. The molecule has 8 aliphatic rings. The molecule has 8 aliphatic heterocycles. The van der Waals surface area contributed by atoms with Crippen molar-refractivity contribution < 1.29 is 30.0 Å². The van der Waals surface area contributed by atoms with Crippen LogP contribution < -0.4 is 39.1 Å². The maximum Gasteiger partial charge on any atom is 0.216 e. The van der Waals surface area contributed by atoms with Crippen molar-refractivity contribution in [2.45, 2.75) is 157 Å². The van der Waals surface area contributed by atoms with Crippen molar-refractivity contribution in [1.82, 2.24) is 118 Å². The van der Waals surface area contributed by atoms with Crippen LogP contribution in [-0.4, -0.2) is 305 Å². The zero-order chi connectivity index (χ0) is 106. The number of benzene rings is 4. The van der Waals surface area contributed by atoms with E-state index in [1.807, 2.05) is 120 Å². The zero-order valence-corrected chi connectivity index (χ0v) is 95.2. The van der Waals surface area contributed by atoms with Gasteiger partial charge in [-0.1, -0.05) is 117 Å². The Kier molecular flexibility index (Phi) is 36.3. The number of piperidine rings is 4. The minimum Gasteiger partial charge on any atom is -0.355 e. The summed E-state index contributed by atoms with van der Waals surface area (Å²) in [5.41, 5.74) is 13.3. The summed E-state index contributed by atoms with van der Waals surface area (Å²) in [6.45, 7) is 42.3. The van der Waals surface area contributed by atoms with E-state index in [2.05, 4.69) is 86.4 Å². The first-order chi connectivity index (χ1) is 71.0. The molecule has 149 heavy (non-hydrogen) atoms. The monoisotopic (exact) mass is 2250 g/mol. The Labute approximate surface area is 913 Å². The number of nitrogens with zero attached hydrogens (tertiary/aromatic N) is 24. The molecule has 0 aliphatic carbocycles. The van der Waals surface area contributed by atoms with Crippen LogP contribution in [-0.2, 0) is 34.9 Å². The molecule has 16 heterocycles. The van der Waals surface area contributed by atoms with Gasteiger partial charge in [0, 0.05) is 178 Å². The first kappa shape index (κ1) is 112. The Morgan fingerprint density at radius 3 is 0.799 bits per heavy atom. The quantitative estimate of drug-likeness (QED) is 0.0304. The fourth-order valence-corrected chi connectivity index (χ4v) is 26.0. The maximum absolute atomic E-state index is 12.0. The molecule has 46 heteroatoms. The summed E-state index contributed by atoms with van der Waals surface area (Å²) in [5, 5.41) is 26.3. The Morgan fingerprint density at radius 2 is 0.577 bits per heavy atom. The number of amides is 1. The molecule has 0 saturated carbocycles. The number of anilines is 4. The third-order valence-electron chi connectivity index (χ3n) is 30.9. The number of nitrogens with one attached hydrogen (secondary N) is 4. The Bertz CT molecular complexity index is 6940. The fraction of sp³-hybridized carbons (Fsp3) is 0.563. The van der Waals surface area contributed by atoms with Gasteiger partial charge in [0.25, 0.3) is 0 Å². The van der Waals surface area contributed by atoms with Crippen LogP contribution in [0.1, 0.15) is 169 Å². The van der Waals surface area contributed by atoms with Crippen LogP contribution in [0.2, 0.25) is 40.2 Å². The van der Waals surface area contributed by atoms with Crippen LogP contribution in [0.15, 0.2) is 97.6 Å². The van der Waals surface area contributed by atoms with Gasteiger partial charge in [0.05, 0.1) is 89.5 Å². The molecule has 0 unspecified atom stereocenters. The number of carbonyl (C=O) groups is 1. The number of sulfonamides is 3. The first-order valence-corrected chi connectivity index (χ1v) is 60.0. The molecule has 1 amide bonds. The lowest BCUT2D eigenvalue weighted by Crippen LogP contribution is -2.54. The summed E-state index contributed by atoms with van der Waals surface area (Å²) in [5.74, 6) is 8.49. The van der Waals surface area contributed by atoms with E-state index >= 15 is 0 Å². The number of halogens is 8. The Balaban J connectivity index is 0.000000135. The molecule has 8 aromatic heterocycles. The topological polar surface area (TPSA) is 368 Å². The van der Waals surface area contributed by atoms with Gasteiger partial charge in [-0.3, -0.25) is 4.79 Å². The van der Waals surface area contributed by atoms with Crippen LogP contribution in [0.5, 0.6) is 0 Å². The summed E-state index contributed by atoms with van der Waals surface area (Å²) in [6.07, 6.45) is 19.4. The van der Waals surface area contributed by atoms with Crippen LogP contribution in [0.3, 0.4) is 0 Å². The molecule has 8 fully saturated rings. The fourth-order valence-electron chi connectivity index (χ4n) is 22.1. The van der Waals surface area contributed by atoms with Crippen LogP contribution in [0.25, 0.3) is 44.7 Å². The van der Waals surface area contributed by atoms with Crippen molar-refractivity contribution in [2.75, 3.05) is 189 Å². The number of aromatic nitrogens is 16. The second-order valence-corrected chi connectivity index (χ2v) is 51.2. The smallest absolute Gasteiger partial charge is 0.216 e. The molecule has 8 saturated heterocycles. The molecule has 20 rings (SSSR count). The van der Waals surface area contributed by atoms with E-state index in [9.17, 15) is 30.0 Å². The molecular formula is C103H136Cl8N28O7S3. The first-order valence-electron chi connectivity index (χ1n) is 51.7. The predicted molar refractivity (Wildman–Crippen MR) is 597 cm³/mol. The largest absolute Gasteiger partial charge is 0.355 e. The van der Waals surface area contributed by atoms with Crippen molar-refractivity contribution in [2.24, 2.45) is 47.3 Å². The second-order valence-electron chi connectivity index (χ2n) is 41.9. The van der Waals surface area contributed by atoms with Crippen molar-refractivity contribution in [1.29, 1.82) is 0 Å². The number of likely N-dealkylation sites (tertiary alicyclic amines) is 4. The van der Waals surface area contributed by atoms with Crippen LogP contribution in [0.4, 0.5) is 23.3 Å². The van der Waals surface area contributed by atoms with Gasteiger partial charge in [-0.05, 0) is 265 Å². The SMILES string of the molecule is CC(=O)NCCN1CCC[C@H](C2CN(c3cnc4c(C)nn([C@H](C)c5ccc(Cl)cc5Cl)c4n3)C2)C1.Cc1nn([C@H](C)c2ccc(Cl)cc2Cl)c2nc(N3CC([C@@H]4CCCN(CCNS(C)(=O)=O)C4)C3)cnc12.Cc1nn([C@H](C)c2ccc(Cl)cc2Cl)c2nc(N3CC([C@H]4CCCN(CCNS(=O)(=O)C(C)C)C4)C3)cnc12.Cc1nn([C@H](C)c2ccc(Cl)cc2Cl)c2nc(N3CC([C@H]4CCCN(CCNS(C)(=O)=O)C4)C3)cnc12. The minimum atomic E-state index is -3.22. The van der Waals surface area contributed by atoms with Gasteiger partial charge in [0.1, 0.15) is 45.3 Å². The second kappa shape index (κ2) is 48.3. The molecule has 0 spiro atoms. The third kappa shape index (κ3) is 27.1. The zero-order valence-electron chi connectivity index (χ0n) is 86.7. The van der Waals surface area contributed by atoms with E-state index in [1.54, 1.807) is 45.0 Å². The summed E-state index contributed by atoms with van der Waals surface area (Å²) < 4.78 is 85.1. The van der Waals surface area contributed by atoms with E-state index in [0.717, 1.165) is 270 Å². The van der Waals surface area contributed by atoms with Crippen molar-refractivity contribution in [3.05, 3.63) is 183 Å². The van der Waals surface area contributed by atoms with Crippen molar-refractivity contribution in [3.63, 3.8) is 0 Å². The normalized spacial score (nSPS) is 20.2.